The van der Waals surface area contributed by atoms with Gasteiger partial charge in [0, 0.05) is 12.7 Å². The Bertz CT molecular complexity index is 828. The van der Waals surface area contributed by atoms with Crippen molar-refractivity contribution in [3.05, 3.63) is 47.8 Å². The maximum absolute atomic E-state index is 12.7. The molecule has 0 radical (unpaired) electrons. The highest BCUT2D eigenvalue weighted by Gasteiger charge is 2.26. The molecule has 1 atom stereocenters. The molecule has 0 fully saturated rings. The summed E-state index contributed by atoms with van der Waals surface area (Å²) in [6.45, 7) is 4.08. The van der Waals surface area contributed by atoms with Crippen LogP contribution in [0.3, 0.4) is 0 Å². The zero-order valence-corrected chi connectivity index (χ0v) is 16.0. The quantitative estimate of drug-likeness (QED) is 0.656. The lowest BCUT2D eigenvalue weighted by Crippen LogP contribution is -2.29. The Morgan fingerprint density at radius 2 is 1.92 bits per heavy atom. The molecule has 7 heteroatoms. The third-order valence-electron chi connectivity index (χ3n) is 3.71. The summed E-state index contributed by atoms with van der Waals surface area (Å²) in [6, 6.07) is 13.5. The molecule has 0 bridgehead atoms. The van der Waals surface area contributed by atoms with Crippen molar-refractivity contribution < 1.29 is 4.79 Å². The van der Waals surface area contributed by atoms with Gasteiger partial charge in [0.2, 0.25) is 5.91 Å². The zero-order chi connectivity index (χ0) is 17.8. The Morgan fingerprint density at radius 1 is 1.16 bits per heavy atom. The summed E-state index contributed by atoms with van der Waals surface area (Å²) < 4.78 is 1.95. The van der Waals surface area contributed by atoms with Crippen LogP contribution >= 0.6 is 23.1 Å². The maximum atomic E-state index is 12.7. The van der Waals surface area contributed by atoms with Crippen LogP contribution in [0.4, 0.5) is 5.69 Å². The fourth-order valence-electron chi connectivity index (χ4n) is 2.38. The first-order valence-corrected chi connectivity index (χ1v) is 9.78. The minimum atomic E-state index is -0.251. The van der Waals surface area contributed by atoms with Crippen molar-refractivity contribution in [2.45, 2.75) is 24.3 Å². The molecule has 2 aromatic heterocycles. The van der Waals surface area contributed by atoms with Crippen molar-refractivity contribution in [3.8, 4) is 10.7 Å². The fraction of sp³-hybridized carbons (Fsp3) is 0.278. The smallest absolute Gasteiger partial charge is 0.238 e. The molecule has 1 aromatic carbocycles. The van der Waals surface area contributed by atoms with E-state index in [1.165, 1.54) is 11.8 Å². The second-order valence-corrected chi connectivity index (χ2v) is 8.04. The molecule has 0 unspecified atom stereocenters. The highest BCUT2D eigenvalue weighted by molar-refractivity contribution is 8.00. The largest absolute Gasteiger partial charge is 0.325 e. The van der Waals surface area contributed by atoms with Gasteiger partial charge in [-0.25, -0.2) is 0 Å². The van der Waals surface area contributed by atoms with Crippen molar-refractivity contribution in [1.29, 1.82) is 0 Å². The van der Waals surface area contributed by atoms with Crippen LogP contribution in [0.2, 0.25) is 0 Å². The number of rotatable bonds is 6. The highest BCUT2D eigenvalue weighted by atomic mass is 32.2. The summed E-state index contributed by atoms with van der Waals surface area (Å²) in [5.74, 6) is 0.964. The summed E-state index contributed by atoms with van der Waals surface area (Å²) in [4.78, 5) is 13.8. The van der Waals surface area contributed by atoms with E-state index in [-0.39, 0.29) is 17.1 Å². The van der Waals surface area contributed by atoms with Crippen LogP contribution in [0.1, 0.15) is 13.8 Å². The normalized spacial score (nSPS) is 12.3. The number of thiophene rings is 1. The van der Waals surface area contributed by atoms with Gasteiger partial charge in [-0.1, -0.05) is 49.9 Å². The number of anilines is 1. The number of hydrogen-bond donors (Lipinski definition) is 1. The summed E-state index contributed by atoms with van der Waals surface area (Å²) in [5.41, 5.74) is 0.802. The molecule has 0 aliphatic rings. The van der Waals surface area contributed by atoms with Crippen LogP contribution in [0, 0.1) is 5.92 Å². The summed E-state index contributed by atoms with van der Waals surface area (Å²) >= 11 is 3.08. The van der Waals surface area contributed by atoms with Gasteiger partial charge in [-0.3, -0.25) is 4.79 Å². The van der Waals surface area contributed by atoms with Gasteiger partial charge in [-0.05, 0) is 29.5 Å². The number of para-hydroxylation sites is 1. The van der Waals surface area contributed by atoms with E-state index in [2.05, 4.69) is 15.5 Å². The maximum Gasteiger partial charge on any atom is 0.238 e. The zero-order valence-electron chi connectivity index (χ0n) is 14.3. The van der Waals surface area contributed by atoms with E-state index in [1.54, 1.807) is 11.3 Å². The van der Waals surface area contributed by atoms with Crippen LogP contribution in [-0.2, 0) is 11.8 Å². The van der Waals surface area contributed by atoms with Gasteiger partial charge in [-0.2, -0.15) is 0 Å². The van der Waals surface area contributed by atoms with Crippen LogP contribution in [0.25, 0.3) is 10.7 Å². The predicted molar refractivity (Wildman–Crippen MR) is 104 cm³/mol. The third-order valence-corrected chi connectivity index (χ3v) is 6.16. The first-order valence-electron chi connectivity index (χ1n) is 8.02. The SMILES string of the molecule is CC(C)[C@H](Sc1nnc(-c2cccs2)n1C)C(=O)Nc1ccccc1. The molecule has 3 aromatic rings. The van der Waals surface area contributed by atoms with Crippen LogP contribution in [-0.4, -0.2) is 25.9 Å². The molecule has 25 heavy (non-hydrogen) atoms. The fourth-order valence-corrected chi connectivity index (χ4v) is 4.12. The molecule has 0 spiro atoms. The highest BCUT2D eigenvalue weighted by Crippen LogP contribution is 2.31. The molecule has 130 valence electrons. The average Bonchev–Trinajstić information content (AvgIpc) is 3.23. The number of amides is 1. The molecule has 0 aliphatic carbocycles. The monoisotopic (exact) mass is 372 g/mol. The lowest BCUT2D eigenvalue weighted by Gasteiger charge is -2.19. The third kappa shape index (κ3) is 4.11. The van der Waals surface area contributed by atoms with Gasteiger partial charge >= 0.3 is 0 Å². The number of benzene rings is 1. The van der Waals surface area contributed by atoms with Crippen molar-refractivity contribution in [1.82, 2.24) is 14.8 Å². The second-order valence-electron chi connectivity index (χ2n) is 5.98. The summed E-state index contributed by atoms with van der Waals surface area (Å²) in [5, 5.41) is 14.1. The van der Waals surface area contributed by atoms with E-state index in [9.17, 15) is 4.79 Å². The van der Waals surface area contributed by atoms with E-state index >= 15 is 0 Å². The molecule has 1 amide bonds. The number of aromatic nitrogens is 3. The van der Waals surface area contributed by atoms with Crippen LogP contribution in [0.15, 0.2) is 53.0 Å². The van der Waals surface area contributed by atoms with Gasteiger partial charge in [-0.15, -0.1) is 21.5 Å². The Labute approximate surface area is 155 Å². The lowest BCUT2D eigenvalue weighted by molar-refractivity contribution is -0.116. The molecular formula is C18H20N4OS2. The minimum Gasteiger partial charge on any atom is -0.325 e. The standard InChI is InChI=1S/C18H20N4OS2/c1-12(2)15(17(23)19-13-8-5-4-6-9-13)25-18-21-20-16(22(18)3)14-10-7-11-24-14/h4-12,15H,1-3H3,(H,19,23)/t15-/m0/s1. The Morgan fingerprint density at radius 3 is 2.56 bits per heavy atom. The molecule has 0 aliphatic heterocycles. The van der Waals surface area contributed by atoms with Gasteiger partial charge in [0.05, 0.1) is 10.1 Å². The summed E-state index contributed by atoms with van der Waals surface area (Å²) in [6.07, 6.45) is 0. The molecule has 2 heterocycles. The number of hydrogen-bond acceptors (Lipinski definition) is 5. The first-order chi connectivity index (χ1) is 12.1. The Balaban J connectivity index is 1.77. The van der Waals surface area contributed by atoms with E-state index in [4.69, 9.17) is 0 Å². The number of carbonyl (C=O) groups excluding carboxylic acids is 1. The number of nitrogens with zero attached hydrogens (tertiary/aromatic N) is 3. The van der Waals surface area contributed by atoms with Gasteiger partial charge in [0.1, 0.15) is 0 Å². The lowest BCUT2D eigenvalue weighted by atomic mass is 10.1. The Hall–Kier alpha value is -2.12. The first kappa shape index (κ1) is 17.7. The topological polar surface area (TPSA) is 59.8 Å². The van der Waals surface area contributed by atoms with E-state index in [1.807, 2.05) is 73.3 Å². The van der Waals surface area contributed by atoms with Crippen molar-refractivity contribution >= 4 is 34.7 Å². The number of thioether (sulfide) groups is 1. The molecule has 0 saturated carbocycles. The van der Waals surface area contributed by atoms with Crippen LogP contribution in [0.5, 0.6) is 0 Å². The van der Waals surface area contributed by atoms with Crippen molar-refractivity contribution in [3.63, 3.8) is 0 Å². The van der Waals surface area contributed by atoms with Gasteiger partial charge < -0.3 is 9.88 Å². The average molecular weight is 373 g/mol. The van der Waals surface area contributed by atoms with E-state index < -0.39 is 0 Å². The molecular weight excluding hydrogens is 352 g/mol. The van der Waals surface area contributed by atoms with E-state index in [0.717, 1.165) is 21.5 Å². The number of nitrogens with one attached hydrogen (secondary N) is 1. The molecule has 3 rings (SSSR count). The van der Waals surface area contributed by atoms with Crippen molar-refractivity contribution in [2.75, 3.05) is 5.32 Å². The second kappa shape index (κ2) is 7.84. The van der Waals surface area contributed by atoms with Gasteiger partial charge in [0.25, 0.3) is 0 Å². The van der Waals surface area contributed by atoms with Crippen LogP contribution < -0.4 is 5.32 Å². The number of carbonyl (C=O) groups is 1. The summed E-state index contributed by atoms with van der Waals surface area (Å²) in [7, 11) is 1.93. The predicted octanol–water partition coefficient (Wildman–Crippen LogP) is 4.30. The van der Waals surface area contributed by atoms with Gasteiger partial charge in [0.15, 0.2) is 11.0 Å². The molecule has 5 nitrogen and oxygen atoms in total. The molecule has 0 saturated heterocycles. The van der Waals surface area contributed by atoms with Crippen molar-refractivity contribution in [2.24, 2.45) is 13.0 Å². The Kier molecular flexibility index (Phi) is 5.55. The molecule has 1 N–H and O–H groups in total. The minimum absolute atomic E-state index is 0.0214. The van der Waals surface area contributed by atoms with E-state index in [0.29, 0.717) is 0 Å².